The van der Waals surface area contributed by atoms with E-state index in [-0.39, 0.29) is 11.6 Å². The third kappa shape index (κ3) is 3.61. The number of rotatable bonds is 3. The molecule has 2 heterocycles. The van der Waals surface area contributed by atoms with Crippen molar-refractivity contribution in [1.82, 2.24) is 9.97 Å². The van der Waals surface area contributed by atoms with Crippen LogP contribution in [0, 0.1) is 6.92 Å². The predicted molar refractivity (Wildman–Crippen MR) is 108 cm³/mol. The normalized spacial score (nSPS) is 12.8. The van der Waals surface area contributed by atoms with Crippen LogP contribution in [0.3, 0.4) is 0 Å². The Bertz CT molecular complexity index is 1040. The largest absolute Gasteiger partial charge is 0.319 e. The minimum absolute atomic E-state index is 0.285. The number of nitrogens with one attached hydrogen (secondary N) is 1. The SMILES string of the molecule is Cc1cc(C(=O)Nc2ccc(Cl)cc2Cl)nc(N2CCc3ccccc32)n1. The highest BCUT2D eigenvalue weighted by atomic mass is 35.5. The average molecular weight is 399 g/mol. The summed E-state index contributed by atoms with van der Waals surface area (Å²) < 4.78 is 0. The van der Waals surface area contributed by atoms with Crippen molar-refractivity contribution >= 4 is 46.4 Å². The van der Waals surface area contributed by atoms with Crippen LogP contribution in [-0.4, -0.2) is 22.4 Å². The van der Waals surface area contributed by atoms with Gasteiger partial charge in [-0.05, 0) is 49.2 Å². The van der Waals surface area contributed by atoms with Gasteiger partial charge in [-0.25, -0.2) is 9.97 Å². The Morgan fingerprint density at radius 1 is 1.11 bits per heavy atom. The first-order valence-corrected chi connectivity index (χ1v) is 9.24. The number of carbonyl (C=O) groups is 1. The van der Waals surface area contributed by atoms with E-state index in [0.29, 0.717) is 21.7 Å². The van der Waals surface area contributed by atoms with E-state index < -0.39 is 0 Å². The fraction of sp³-hybridized carbons (Fsp3) is 0.150. The van der Waals surface area contributed by atoms with Crippen molar-refractivity contribution in [1.29, 1.82) is 0 Å². The average Bonchev–Trinajstić information content (AvgIpc) is 3.07. The number of anilines is 3. The molecule has 0 bridgehead atoms. The fourth-order valence-electron chi connectivity index (χ4n) is 3.11. The zero-order valence-electron chi connectivity index (χ0n) is 14.5. The zero-order chi connectivity index (χ0) is 19.0. The molecule has 7 heteroatoms. The predicted octanol–water partition coefficient (Wildman–Crippen LogP) is 5.04. The molecule has 2 aromatic carbocycles. The van der Waals surface area contributed by atoms with Crippen molar-refractivity contribution in [2.24, 2.45) is 0 Å². The van der Waals surface area contributed by atoms with Crippen molar-refractivity contribution < 1.29 is 4.79 Å². The molecular formula is C20H16Cl2N4O. The van der Waals surface area contributed by atoms with Gasteiger partial charge in [0.2, 0.25) is 5.95 Å². The molecule has 1 aliphatic heterocycles. The zero-order valence-corrected chi connectivity index (χ0v) is 16.1. The van der Waals surface area contributed by atoms with E-state index >= 15 is 0 Å². The van der Waals surface area contributed by atoms with Gasteiger partial charge in [-0.1, -0.05) is 41.4 Å². The Balaban J connectivity index is 1.64. The summed E-state index contributed by atoms with van der Waals surface area (Å²) in [7, 11) is 0. The molecule has 0 saturated heterocycles. The molecule has 0 fully saturated rings. The van der Waals surface area contributed by atoms with E-state index in [1.54, 1.807) is 24.3 Å². The van der Waals surface area contributed by atoms with E-state index in [1.165, 1.54) is 5.56 Å². The molecule has 1 amide bonds. The number of halogens is 2. The number of nitrogens with zero attached hydrogens (tertiary/aromatic N) is 3. The number of hydrogen-bond acceptors (Lipinski definition) is 4. The molecule has 136 valence electrons. The van der Waals surface area contributed by atoms with Crippen LogP contribution < -0.4 is 10.2 Å². The lowest BCUT2D eigenvalue weighted by Crippen LogP contribution is -2.20. The summed E-state index contributed by atoms with van der Waals surface area (Å²) in [5, 5.41) is 3.66. The van der Waals surface area contributed by atoms with Gasteiger partial charge in [-0.15, -0.1) is 0 Å². The highest BCUT2D eigenvalue weighted by Crippen LogP contribution is 2.32. The maximum atomic E-state index is 12.7. The lowest BCUT2D eigenvalue weighted by Gasteiger charge is -2.18. The van der Waals surface area contributed by atoms with Gasteiger partial charge in [0.05, 0.1) is 10.7 Å². The third-order valence-electron chi connectivity index (χ3n) is 4.38. The van der Waals surface area contributed by atoms with Crippen LogP contribution in [0.5, 0.6) is 0 Å². The molecule has 0 atom stereocenters. The highest BCUT2D eigenvalue weighted by molar-refractivity contribution is 6.36. The number of hydrogen-bond donors (Lipinski definition) is 1. The molecular weight excluding hydrogens is 383 g/mol. The standard InChI is InChI=1S/C20H16Cl2N4O/c1-12-10-17(19(27)24-16-7-6-14(21)11-15(16)22)25-20(23-12)26-9-8-13-4-2-3-5-18(13)26/h2-7,10-11H,8-9H2,1H3,(H,24,27). The van der Waals surface area contributed by atoms with Gasteiger partial charge in [-0.3, -0.25) is 4.79 Å². The molecule has 0 saturated carbocycles. The Morgan fingerprint density at radius 2 is 1.93 bits per heavy atom. The first-order valence-electron chi connectivity index (χ1n) is 8.49. The number of aromatic nitrogens is 2. The molecule has 5 nitrogen and oxygen atoms in total. The lowest BCUT2D eigenvalue weighted by atomic mass is 10.2. The summed E-state index contributed by atoms with van der Waals surface area (Å²) >= 11 is 12.0. The summed E-state index contributed by atoms with van der Waals surface area (Å²) in [4.78, 5) is 23.8. The van der Waals surface area contributed by atoms with Gasteiger partial charge in [0.25, 0.3) is 5.91 Å². The molecule has 0 unspecified atom stereocenters. The van der Waals surface area contributed by atoms with E-state index in [1.807, 2.05) is 30.0 Å². The number of aryl methyl sites for hydroxylation is 1. The van der Waals surface area contributed by atoms with E-state index in [9.17, 15) is 4.79 Å². The quantitative estimate of drug-likeness (QED) is 0.671. The maximum Gasteiger partial charge on any atom is 0.274 e. The van der Waals surface area contributed by atoms with Crippen LogP contribution in [0.25, 0.3) is 0 Å². The van der Waals surface area contributed by atoms with Gasteiger partial charge in [0, 0.05) is 22.9 Å². The highest BCUT2D eigenvalue weighted by Gasteiger charge is 2.23. The van der Waals surface area contributed by atoms with E-state index in [4.69, 9.17) is 23.2 Å². The van der Waals surface area contributed by atoms with Gasteiger partial charge in [0.15, 0.2) is 0 Å². The smallest absolute Gasteiger partial charge is 0.274 e. The lowest BCUT2D eigenvalue weighted by molar-refractivity contribution is 0.102. The van der Waals surface area contributed by atoms with Crippen LogP contribution in [-0.2, 0) is 6.42 Å². The number of carbonyl (C=O) groups excluding carboxylic acids is 1. The van der Waals surface area contributed by atoms with Gasteiger partial charge < -0.3 is 10.2 Å². The van der Waals surface area contributed by atoms with Crippen LogP contribution >= 0.6 is 23.2 Å². The van der Waals surface area contributed by atoms with Crippen molar-refractivity contribution in [2.45, 2.75) is 13.3 Å². The third-order valence-corrected chi connectivity index (χ3v) is 4.93. The van der Waals surface area contributed by atoms with Crippen molar-refractivity contribution in [3.63, 3.8) is 0 Å². The van der Waals surface area contributed by atoms with Crippen molar-refractivity contribution in [3.05, 3.63) is 75.5 Å². The summed E-state index contributed by atoms with van der Waals surface area (Å²) in [6.07, 6.45) is 0.926. The van der Waals surface area contributed by atoms with E-state index in [2.05, 4.69) is 21.4 Å². The van der Waals surface area contributed by atoms with Crippen LogP contribution in [0.1, 0.15) is 21.7 Å². The number of amides is 1. The summed E-state index contributed by atoms with van der Waals surface area (Å²) in [5.74, 6) is 0.172. The van der Waals surface area contributed by atoms with Crippen LogP contribution in [0.2, 0.25) is 10.0 Å². The molecule has 0 aliphatic carbocycles. The molecule has 1 aromatic heterocycles. The fourth-order valence-corrected chi connectivity index (χ4v) is 3.57. The van der Waals surface area contributed by atoms with Gasteiger partial charge >= 0.3 is 0 Å². The van der Waals surface area contributed by atoms with Crippen LogP contribution in [0.4, 0.5) is 17.3 Å². The minimum Gasteiger partial charge on any atom is -0.319 e. The minimum atomic E-state index is -0.349. The first kappa shape index (κ1) is 17.8. The number of benzene rings is 2. The number of para-hydroxylation sites is 1. The summed E-state index contributed by atoms with van der Waals surface area (Å²) in [5.41, 5.74) is 3.82. The monoisotopic (exact) mass is 398 g/mol. The Hall–Kier alpha value is -2.63. The second-order valence-electron chi connectivity index (χ2n) is 6.30. The van der Waals surface area contributed by atoms with Crippen molar-refractivity contribution in [2.75, 3.05) is 16.8 Å². The molecule has 4 rings (SSSR count). The van der Waals surface area contributed by atoms with Gasteiger partial charge in [-0.2, -0.15) is 0 Å². The maximum absolute atomic E-state index is 12.7. The molecule has 27 heavy (non-hydrogen) atoms. The Labute approximate surface area is 167 Å². The second-order valence-corrected chi connectivity index (χ2v) is 7.15. The molecule has 0 radical (unpaired) electrons. The van der Waals surface area contributed by atoms with Crippen molar-refractivity contribution in [3.8, 4) is 0 Å². The Morgan fingerprint density at radius 3 is 2.74 bits per heavy atom. The molecule has 3 aromatic rings. The first-order chi connectivity index (χ1) is 13.0. The van der Waals surface area contributed by atoms with Gasteiger partial charge in [0.1, 0.15) is 5.69 Å². The summed E-state index contributed by atoms with van der Waals surface area (Å²) in [6, 6.07) is 14.7. The summed E-state index contributed by atoms with van der Waals surface area (Å²) in [6.45, 7) is 2.63. The number of fused-ring (bicyclic) bond motifs is 1. The molecule has 1 N–H and O–H groups in total. The second kappa shape index (κ2) is 7.18. The Kier molecular flexibility index (Phi) is 4.72. The van der Waals surface area contributed by atoms with E-state index in [0.717, 1.165) is 24.3 Å². The van der Waals surface area contributed by atoms with Crippen LogP contribution in [0.15, 0.2) is 48.5 Å². The molecule has 0 spiro atoms. The molecule has 1 aliphatic rings. The topological polar surface area (TPSA) is 58.1 Å².